The van der Waals surface area contributed by atoms with Gasteiger partial charge in [0.05, 0.1) is 0 Å². The summed E-state index contributed by atoms with van der Waals surface area (Å²) in [5.41, 5.74) is 3.00. The molecule has 13 nitrogen and oxygen atoms in total. The van der Waals surface area contributed by atoms with E-state index in [2.05, 4.69) is 20.8 Å². The third kappa shape index (κ3) is 7.13. The number of tetrazole rings is 1. The Bertz CT molecular complexity index is 2260. The molecule has 1 unspecified atom stereocenters. The summed E-state index contributed by atoms with van der Waals surface area (Å²) in [7, 11) is 3.02. The number of nitrogens with zero attached hydrogens (tertiary/aromatic N) is 5. The van der Waals surface area contributed by atoms with Crippen LogP contribution in [0.15, 0.2) is 112 Å². The first-order valence-corrected chi connectivity index (χ1v) is 20.8. The summed E-state index contributed by atoms with van der Waals surface area (Å²) in [6.07, 6.45) is 2.12. The number of β-lactam (4-membered cyclic amide) rings is 1. The summed E-state index contributed by atoms with van der Waals surface area (Å²) in [6, 6.07) is 25.9. The Morgan fingerprint density at radius 3 is 2.38 bits per heavy atom. The highest BCUT2D eigenvalue weighted by Crippen LogP contribution is 2.48. The van der Waals surface area contributed by atoms with E-state index < -0.39 is 46.9 Å². The Labute approximate surface area is 334 Å². The van der Waals surface area contributed by atoms with Crippen molar-refractivity contribution in [2.75, 3.05) is 18.6 Å². The fraction of sp³-hybridized carbons (Fsp3) is 0.275. The first kappa shape index (κ1) is 37.6. The SMILES string of the molecule is CO[C@@]1(NC(=O)C(C(=O)Oc2ccc3c(c2)CCC3)c2ccsc2)C(=O)N2C(C(=O)OC(c3ccccc3)c3ccccc3)=C(CSc3nnnn3C)CS[C@H]21. The molecule has 8 rings (SSSR count). The molecule has 1 fully saturated rings. The third-order valence-corrected chi connectivity index (χ3v) is 13.2. The van der Waals surface area contributed by atoms with E-state index in [4.69, 9.17) is 14.2 Å². The van der Waals surface area contributed by atoms with Crippen molar-refractivity contribution in [1.29, 1.82) is 0 Å². The third-order valence-electron chi connectivity index (χ3n) is 9.98. The highest BCUT2D eigenvalue weighted by Gasteiger charge is 2.67. The minimum Gasteiger partial charge on any atom is -0.448 e. The van der Waals surface area contributed by atoms with Crippen molar-refractivity contribution in [3.63, 3.8) is 0 Å². The largest absolute Gasteiger partial charge is 0.448 e. The van der Waals surface area contributed by atoms with Gasteiger partial charge in [0.1, 0.15) is 16.8 Å². The fourth-order valence-corrected chi connectivity index (χ4v) is 10.3. The molecule has 286 valence electrons. The highest BCUT2D eigenvalue weighted by molar-refractivity contribution is 8.01. The number of thiophene rings is 1. The van der Waals surface area contributed by atoms with E-state index in [0.29, 0.717) is 22.0 Å². The lowest BCUT2D eigenvalue weighted by Gasteiger charge is -2.56. The van der Waals surface area contributed by atoms with Gasteiger partial charge >= 0.3 is 11.9 Å². The number of ether oxygens (including phenoxy) is 3. The zero-order valence-electron chi connectivity index (χ0n) is 30.3. The second-order valence-electron chi connectivity index (χ2n) is 13.4. The number of hydrogen-bond donors (Lipinski definition) is 1. The molecule has 3 atom stereocenters. The Hall–Kier alpha value is -5.29. The van der Waals surface area contributed by atoms with E-state index in [-0.39, 0.29) is 17.2 Å². The van der Waals surface area contributed by atoms with Crippen molar-refractivity contribution in [2.24, 2.45) is 7.05 Å². The monoisotopic (exact) mass is 808 g/mol. The number of carbonyl (C=O) groups excluding carboxylic acids is 4. The van der Waals surface area contributed by atoms with Gasteiger partial charge in [0.2, 0.25) is 11.1 Å². The van der Waals surface area contributed by atoms with Gasteiger partial charge in [-0.25, -0.2) is 9.48 Å². The van der Waals surface area contributed by atoms with E-state index in [1.807, 2.05) is 72.8 Å². The summed E-state index contributed by atoms with van der Waals surface area (Å²) < 4.78 is 19.5. The second-order valence-corrected chi connectivity index (χ2v) is 16.2. The molecule has 0 saturated carbocycles. The number of thioether (sulfide) groups is 2. The van der Waals surface area contributed by atoms with Crippen molar-refractivity contribution in [3.05, 3.63) is 135 Å². The molecule has 5 aromatic rings. The van der Waals surface area contributed by atoms with E-state index in [1.54, 1.807) is 29.9 Å². The standard InChI is InChI=1S/C40H36N6O7S3/c1-45-39(42-43-44-45)56-23-29-22-55-38-40(51-2,37(50)46(38)32(29)36(49)53-33(25-10-5-3-6-11-25)26-12-7-4-8-13-26)41-34(47)31(28-18-19-54-21-28)35(48)52-30-17-16-24-14-9-15-27(24)20-30/h3-8,10-13,16-21,31,33,38H,9,14-15,22-23H2,1-2H3,(H,41,47)/t31?,38-,40-/m0/s1. The molecule has 4 heterocycles. The predicted octanol–water partition coefficient (Wildman–Crippen LogP) is 5.20. The van der Waals surface area contributed by atoms with Gasteiger partial charge in [0, 0.05) is 25.7 Å². The highest BCUT2D eigenvalue weighted by atomic mass is 32.2. The topological polar surface area (TPSA) is 155 Å². The van der Waals surface area contributed by atoms with Crippen molar-refractivity contribution in [1.82, 2.24) is 30.4 Å². The second kappa shape index (κ2) is 16.1. The molecule has 56 heavy (non-hydrogen) atoms. The number of methoxy groups -OCH3 is 1. The number of esters is 2. The van der Waals surface area contributed by atoms with Gasteiger partial charge in [-0.3, -0.25) is 19.3 Å². The van der Waals surface area contributed by atoms with Crippen LogP contribution >= 0.6 is 34.9 Å². The van der Waals surface area contributed by atoms with Crippen molar-refractivity contribution >= 4 is 58.6 Å². The van der Waals surface area contributed by atoms with Crippen molar-refractivity contribution in [3.8, 4) is 5.75 Å². The molecule has 1 saturated heterocycles. The lowest BCUT2D eigenvalue weighted by atomic mass is 9.95. The zero-order chi connectivity index (χ0) is 38.8. The molecule has 16 heteroatoms. The summed E-state index contributed by atoms with van der Waals surface area (Å²) in [5.74, 6) is -3.48. The molecule has 1 N–H and O–H groups in total. The van der Waals surface area contributed by atoms with Gasteiger partial charge in [-0.05, 0) is 92.0 Å². The Morgan fingerprint density at radius 2 is 1.71 bits per heavy atom. The molecule has 2 amide bonds. The van der Waals surface area contributed by atoms with Crippen LogP contribution in [0.2, 0.25) is 0 Å². The number of rotatable bonds is 13. The maximum atomic E-state index is 14.5. The number of nitrogens with one attached hydrogen (secondary N) is 1. The molecule has 0 bridgehead atoms. The Balaban J connectivity index is 1.09. The van der Waals surface area contributed by atoms with Crippen LogP contribution in [0.25, 0.3) is 0 Å². The Kier molecular flexibility index (Phi) is 10.8. The molecular formula is C40H36N6O7S3. The van der Waals surface area contributed by atoms with Crippen LogP contribution < -0.4 is 10.1 Å². The first-order valence-electron chi connectivity index (χ1n) is 17.8. The smallest absolute Gasteiger partial charge is 0.356 e. The minimum absolute atomic E-state index is 0.0468. The van der Waals surface area contributed by atoms with E-state index >= 15 is 0 Å². The first-order chi connectivity index (χ1) is 27.3. The maximum absolute atomic E-state index is 14.5. The molecular weight excluding hydrogens is 773 g/mol. The number of aryl methyl sites for hydroxylation is 3. The van der Waals surface area contributed by atoms with Crippen LogP contribution in [0, 0.1) is 0 Å². The van der Waals surface area contributed by atoms with Crippen LogP contribution in [0.5, 0.6) is 5.75 Å². The summed E-state index contributed by atoms with van der Waals surface area (Å²) >= 11 is 3.95. The van der Waals surface area contributed by atoms with Crippen LogP contribution in [-0.4, -0.2) is 78.6 Å². The molecule has 3 aliphatic rings. The molecule has 2 aromatic heterocycles. The van der Waals surface area contributed by atoms with Gasteiger partial charge in [0.25, 0.3) is 11.6 Å². The van der Waals surface area contributed by atoms with Crippen LogP contribution in [-0.2, 0) is 48.5 Å². The van der Waals surface area contributed by atoms with Crippen molar-refractivity contribution in [2.45, 2.75) is 47.5 Å². The lowest BCUT2D eigenvalue weighted by Crippen LogP contribution is -2.81. The van der Waals surface area contributed by atoms with Gasteiger partial charge in [-0.1, -0.05) is 78.5 Å². The number of hydrogen-bond acceptors (Lipinski definition) is 13. The lowest BCUT2D eigenvalue weighted by molar-refractivity contribution is -0.193. The van der Waals surface area contributed by atoms with Gasteiger partial charge in [0.15, 0.2) is 12.0 Å². The normalized spacial score (nSPS) is 19.2. The molecule has 0 spiro atoms. The summed E-state index contributed by atoms with van der Waals surface area (Å²) in [4.78, 5) is 58.4. The predicted molar refractivity (Wildman–Crippen MR) is 210 cm³/mol. The molecule has 1 aliphatic carbocycles. The van der Waals surface area contributed by atoms with Crippen LogP contribution in [0.1, 0.15) is 46.3 Å². The van der Waals surface area contributed by atoms with Gasteiger partial charge in [-0.15, -0.1) is 16.9 Å². The van der Waals surface area contributed by atoms with E-state index in [1.165, 1.54) is 57.1 Å². The average molecular weight is 809 g/mol. The molecule has 0 radical (unpaired) electrons. The van der Waals surface area contributed by atoms with E-state index in [9.17, 15) is 19.2 Å². The quantitative estimate of drug-likeness (QED) is 0.0415. The Morgan fingerprint density at radius 1 is 0.982 bits per heavy atom. The summed E-state index contributed by atoms with van der Waals surface area (Å²) in [6.45, 7) is 0. The fourth-order valence-electron chi connectivity index (χ4n) is 7.16. The molecule has 3 aromatic carbocycles. The number of fused-ring (bicyclic) bond motifs is 2. The minimum atomic E-state index is -1.90. The van der Waals surface area contributed by atoms with Gasteiger partial charge < -0.3 is 19.5 Å². The zero-order valence-corrected chi connectivity index (χ0v) is 32.8. The van der Waals surface area contributed by atoms with Crippen molar-refractivity contribution < 1.29 is 33.4 Å². The number of aromatic nitrogens is 4. The van der Waals surface area contributed by atoms with Crippen LogP contribution in [0.4, 0.5) is 0 Å². The number of benzene rings is 3. The average Bonchev–Trinajstić information content (AvgIpc) is 4.01. The van der Waals surface area contributed by atoms with Crippen LogP contribution in [0.3, 0.4) is 0 Å². The molecule has 2 aliphatic heterocycles. The summed E-state index contributed by atoms with van der Waals surface area (Å²) in [5, 5.41) is 17.5. The maximum Gasteiger partial charge on any atom is 0.356 e. The number of carbonyl (C=O) groups is 4. The van der Waals surface area contributed by atoms with Gasteiger partial charge in [-0.2, -0.15) is 11.3 Å². The van der Waals surface area contributed by atoms with E-state index in [0.717, 1.165) is 36.0 Å². The number of amides is 2.